The predicted molar refractivity (Wildman–Crippen MR) is 91.9 cm³/mol. The summed E-state index contributed by atoms with van der Waals surface area (Å²) in [6.45, 7) is 15.7. The molecular formula is C18H27NS. The molecule has 0 radical (unpaired) electrons. The van der Waals surface area contributed by atoms with E-state index in [1.54, 1.807) is 5.56 Å². The normalized spacial score (nSPS) is 12.0. The lowest BCUT2D eigenvalue weighted by atomic mass is 9.95. The fourth-order valence-corrected chi connectivity index (χ4v) is 4.26. The van der Waals surface area contributed by atoms with Crippen LogP contribution in [0.4, 0.5) is 0 Å². The van der Waals surface area contributed by atoms with Crippen LogP contribution in [0.5, 0.6) is 0 Å². The molecular weight excluding hydrogens is 262 g/mol. The SMILES string of the molecule is Cc1ccc(C)c2c(C(C)C)c(CNCC(C)C)sc12. The van der Waals surface area contributed by atoms with Crippen molar-refractivity contribution in [1.29, 1.82) is 0 Å². The average molecular weight is 289 g/mol. The summed E-state index contributed by atoms with van der Waals surface area (Å²) in [4.78, 5) is 1.52. The molecule has 0 aliphatic heterocycles. The first-order chi connectivity index (χ1) is 9.41. The van der Waals surface area contributed by atoms with Gasteiger partial charge >= 0.3 is 0 Å². The van der Waals surface area contributed by atoms with Crippen LogP contribution in [0, 0.1) is 19.8 Å². The minimum Gasteiger partial charge on any atom is -0.312 e. The number of rotatable bonds is 5. The zero-order valence-electron chi connectivity index (χ0n) is 13.6. The topological polar surface area (TPSA) is 12.0 Å². The minimum absolute atomic E-state index is 0.583. The number of hydrogen-bond donors (Lipinski definition) is 1. The van der Waals surface area contributed by atoms with E-state index < -0.39 is 0 Å². The summed E-state index contributed by atoms with van der Waals surface area (Å²) in [5.74, 6) is 1.29. The zero-order valence-corrected chi connectivity index (χ0v) is 14.4. The van der Waals surface area contributed by atoms with Crippen LogP contribution in [-0.4, -0.2) is 6.54 Å². The van der Waals surface area contributed by atoms with Gasteiger partial charge in [0.05, 0.1) is 0 Å². The van der Waals surface area contributed by atoms with Crippen molar-refractivity contribution in [2.45, 2.75) is 54.0 Å². The van der Waals surface area contributed by atoms with Gasteiger partial charge in [-0.1, -0.05) is 39.8 Å². The van der Waals surface area contributed by atoms with Crippen LogP contribution in [0.25, 0.3) is 10.1 Å². The van der Waals surface area contributed by atoms with Gasteiger partial charge in [-0.3, -0.25) is 0 Å². The highest BCUT2D eigenvalue weighted by molar-refractivity contribution is 7.19. The molecule has 0 aliphatic rings. The first kappa shape index (κ1) is 15.5. The maximum atomic E-state index is 3.61. The van der Waals surface area contributed by atoms with Gasteiger partial charge in [-0.15, -0.1) is 11.3 Å². The van der Waals surface area contributed by atoms with Crippen molar-refractivity contribution in [2.24, 2.45) is 5.92 Å². The highest BCUT2D eigenvalue weighted by Crippen LogP contribution is 2.39. The summed E-state index contributed by atoms with van der Waals surface area (Å²) in [5.41, 5.74) is 4.38. The van der Waals surface area contributed by atoms with Gasteiger partial charge in [0.1, 0.15) is 0 Å². The van der Waals surface area contributed by atoms with Crippen molar-refractivity contribution < 1.29 is 0 Å². The molecule has 1 aromatic heterocycles. The standard InChI is InChI=1S/C18H27NS/c1-11(2)9-19-10-15-16(12(3)4)17-13(5)7-8-14(6)18(17)20-15/h7-8,11-12,19H,9-10H2,1-6H3. The van der Waals surface area contributed by atoms with Crippen LogP contribution >= 0.6 is 11.3 Å². The fourth-order valence-electron chi connectivity index (χ4n) is 2.79. The molecule has 0 bridgehead atoms. The van der Waals surface area contributed by atoms with Gasteiger partial charge in [0, 0.05) is 16.1 Å². The van der Waals surface area contributed by atoms with E-state index in [1.807, 2.05) is 11.3 Å². The maximum Gasteiger partial charge on any atom is 0.0381 e. The second-order valence-electron chi connectivity index (χ2n) is 6.52. The van der Waals surface area contributed by atoms with Crippen molar-refractivity contribution in [3.05, 3.63) is 33.7 Å². The summed E-state index contributed by atoms with van der Waals surface area (Å²) < 4.78 is 1.48. The molecule has 1 N–H and O–H groups in total. The Balaban J connectivity index is 2.46. The largest absolute Gasteiger partial charge is 0.312 e. The number of benzene rings is 1. The Morgan fingerprint density at radius 3 is 2.30 bits per heavy atom. The molecule has 0 atom stereocenters. The summed E-state index contributed by atoms with van der Waals surface area (Å²) in [5, 5.41) is 5.11. The van der Waals surface area contributed by atoms with Crippen LogP contribution in [0.15, 0.2) is 12.1 Å². The molecule has 2 aromatic rings. The molecule has 0 amide bonds. The van der Waals surface area contributed by atoms with Crippen molar-refractivity contribution in [2.75, 3.05) is 6.54 Å². The van der Waals surface area contributed by atoms with E-state index in [9.17, 15) is 0 Å². The summed E-state index contributed by atoms with van der Waals surface area (Å²) in [6, 6.07) is 4.52. The first-order valence-electron chi connectivity index (χ1n) is 7.64. The van der Waals surface area contributed by atoms with Crippen molar-refractivity contribution >= 4 is 21.4 Å². The van der Waals surface area contributed by atoms with E-state index >= 15 is 0 Å². The van der Waals surface area contributed by atoms with Gasteiger partial charge in [-0.25, -0.2) is 0 Å². The van der Waals surface area contributed by atoms with E-state index in [0.717, 1.165) is 13.1 Å². The smallest absolute Gasteiger partial charge is 0.0381 e. The van der Waals surface area contributed by atoms with Crippen LogP contribution in [0.1, 0.15) is 55.2 Å². The van der Waals surface area contributed by atoms with Crippen molar-refractivity contribution in [3.8, 4) is 0 Å². The van der Waals surface area contributed by atoms with E-state index in [-0.39, 0.29) is 0 Å². The third-order valence-electron chi connectivity index (χ3n) is 3.77. The summed E-state index contributed by atoms with van der Waals surface area (Å²) in [6.07, 6.45) is 0. The molecule has 1 heterocycles. The van der Waals surface area contributed by atoms with Gasteiger partial charge in [-0.2, -0.15) is 0 Å². The Bertz CT molecular complexity index is 593. The fraction of sp³-hybridized carbons (Fsp3) is 0.556. The number of aryl methyl sites for hydroxylation is 2. The molecule has 110 valence electrons. The summed E-state index contributed by atoms with van der Waals surface area (Å²) in [7, 11) is 0. The van der Waals surface area contributed by atoms with E-state index in [1.165, 1.54) is 26.1 Å². The van der Waals surface area contributed by atoms with Crippen LogP contribution in [0.3, 0.4) is 0 Å². The number of hydrogen-bond acceptors (Lipinski definition) is 2. The molecule has 1 aromatic carbocycles. The molecule has 2 rings (SSSR count). The quantitative estimate of drug-likeness (QED) is 0.778. The number of nitrogens with one attached hydrogen (secondary N) is 1. The molecule has 0 fully saturated rings. The number of fused-ring (bicyclic) bond motifs is 1. The van der Waals surface area contributed by atoms with Gasteiger partial charge in [0.2, 0.25) is 0 Å². The van der Waals surface area contributed by atoms with E-state index in [0.29, 0.717) is 11.8 Å². The molecule has 0 saturated carbocycles. The molecule has 0 unspecified atom stereocenters. The minimum atomic E-state index is 0.583. The third kappa shape index (κ3) is 3.07. The van der Waals surface area contributed by atoms with Crippen LogP contribution in [-0.2, 0) is 6.54 Å². The zero-order chi connectivity index (χ0) is 14.9. The Labute approximate surface area is 127 Å². The summed E-state index contributed by atoms with van der Waals surface area (Å²) >= 11 is 1.98. The van der Waals surface area contributed by atoms with Gasteiger partial charge in [0.25, 0.3) is 0 Å². The van der Waals surface area contributed by atoms with Crippen molar-refractivity contribution in [3.63, 3.8) is 0 Å². The van der Waals surface area contributed by atoms with E-state index in [2.05, 4.69) is 59.0 Å². The van der Waals surface area contributed by atoms with Crippen LogP contribution < -0.4 is 5.32 Å². The lowest BCUT2D eigenvalue weighted by Crippen LogP contribution is -2.19. The average Bonchev–Trinajstić information content (AvgIpc) is 2.74. The molecule has 1 nitrogen and oxygen atoms in total. The Morgan fingerprint density at radius 2 is 1.70 bits per heavy atom. The Morgan fingerprint density at radius 1 is 1.05 bits per heavy atom. The van der Waals surface area contributed by atoms with Gasteiger partial charge in [0.15, 0.2) is 0 Å². The highest BCUT2D eigenvalue weighted by atomic mass is 32.1. The molecule has 0 saturated heterocycles. The number of thiophene rings is 1. The van der Waals surface area contributed by atoms with Crippen LogP contribution in [0.2, 0.25) is 0 Å². The second kappa shape index (κ2) is 6.28. The maximum absolute atomic E-state index is 3.61. The second-order valence-corrected chi connectivity index (χ2v) is 7.63. The Hall–Kier alpha value is -0.860. The monoisotopic (exact) mass is 289 g/mol. The predicted octanol–water partition coefficient (Wildman–Crippen LogP) is 5.39. The van der Waals surface area contributed by atoms with Crippen molar-refractivity contribution in [1.82, 2.24) is 5.32 Å². The highest BCUT2D eigenvalue weighted by Gasteiger charge is 2.17. The van der Waals surface area contributed by atoms with E-state index in [4.69, 9.17) is 0 Å². The molecule has 2 heteroatoms. The lowest BCUT2D eigenvalue weighted by Gasteiger charge is -2.11. The molecule has 20 heavy (non-hydrogen) atoms. The lowest BCUT2D eigenvalue weighted by molar-refractivity contribution is 0.553. The Kier molecular flexibility index (Phi) is 4.87. The molecule has 0 spiro atoms. The first-order valence-corrected chi connectivity index (χ1v) is 8.45. The van der Waals surface area contributed by atoms with Gasteiger partial charge < -0.3 is 5.32 Å². The molecule has 0 aliphatic carbocycles. The van der Waals surface area contributed by atoms with Gasteiger partial charge in [-0.05, 0) is 54.3 Å². The third-order valence-corrected chi connectivity index (χ3v) is 5.11.